The molecule has 5 rings (SSSR count). The minimum atomic E-state index is -2.02. The lowest BCUT2D eigenvalue weighted by Crippen LogP contribution is -2.53. The maximum Gasteiger partial charge on any atom is 0.231 e. The predicted octanol–water partition coefficient (Wildman–Crippen LogP) is 3.99. The number of aliphatic hydroxyl groups is 1. The minimum absolute atomic E-state index is 0.00376. The molecule has 1 aliphatic heterocycles. The van der Waals surface area contributed by atoms with Crippen LogP contribution in [0.5, 0.6) is 28.7 Å². The second-order valence-electron chi connectivity index (χ2n) is 10.6. The molecule has 0 saturated heterocycles. The summed E-state index contributed by atoms with van der Waals surface area (Å²) >= 11 is 6.55. The largest absolute Gasteiger partial charge is 0.507 e. The minimum Gasteiger partial charge on any atom is -0.507 e. The van der Waals surface area contributed by atoms with E-state index >= 15 is 0 Å². The Morgan fingerprint density at radius 1 is 1.16 bits per heavy atom. The van der Waals surface area contributed by atoms with Gasteiger partial charge in [-0.1, -0.05) is 24.6 Å². The number of Topliss-reactive ketones (excluding diaryl/α,β-unsaturated/α-hetero) is 2. The lowest BCUT2D eigenvalue weighted by atomic mass is 9.69. The molecular weight excluding hydrogens is 594 g/mol. The standard InChI is InChI=1S/C31H32ClN3O9/c1-16-11-20(37)25(29(39)31(16)30(40)26-22(42-3)14-23(43-4)27(32)28(26)44-31)18(17-5-6-19(36)21(12-17)41-2)13-24(38)34-8-10-35-9-7-33-15-35/h5-7,9,12,14-16,18,36,39H,8,10-11,13H2,1-4H3,(H,34,38). The average molecular weight is 626 g/mol. The molecule has 1 aromatic heterocycles. The first kappa shape index (κ1) is 30.7. The van der Waals surface area contributed by atoms with Gasteiger partial charge in [-0.2, -0.15) is 0 Å². The van der Waals surface area contributed by atoms with Crippen molar-refractivity contribution in [3.63, 3.8) is 0 Å². The van der Waals surface area contributed by atoms with Gasteiger partial charge in [0.1, 0.15) is 22.1 Å². The number of amides is 1. The van der Waals surface area contributed by atoms with Gasteiger partial charge in [0.05, 0.1) is 27.7 Å². The van der Waals surface area contributed by atoms with E-state index in [2.05, 4.69) is 10.3 Å². The van der Waals surface area contributed by atoms with Crippen LogP contribution >= 0.6 is 11.6 Å². The lowest BCUT2D eigenvalue weighted by molar-refractivity contribution is -0.121. The Morgan fingerprint density at radius 2 is 1.89 bits per heavy atom. The van der Waals surface area contributed by atoms with Gasteiger partial charge >= 0.3 is 0 Å². The van der Waals surface area contributed by atoms with Crippen molar-refractivity contribution in [3.8, 4) is 28.7 Å². The number of ether oxygens (including phenoxy) is 4. The fourth-order valence-electron chi connectivity index (χ4n) is 5.84. The molecule has 0 radical (unpaired) electrons. The van der Waals surface area contributed by atoms with Crippen molar-refractivity contribution < 1.29 is 43.5 Å². The number of fused-ring (bicyclic) bond motifs is 1. The Balaban J connectivity index is 1.60. The number of allylic oxidation sites excluding steroid dienone is 1. The molecule has 13 heteroatoms. The third kappa shape index (κ3) is 5.08. The van der Waals surface area contributed by atoms with E-state index in [1.807, 2.05) is 0 Å². The van der Waals surface area contributed by atoms with Crippen LogP contribution < -0.4 is 24.3 Å². The summed E-state index contributed by atoms with van der Waals surface area (Å²) < 4.78 is 24.1. The van der Waals surface area contributed by atoms with Crippen LogP contribution in [0.25, 0.3) is 0 Å². The fourth-order valence-corrected chi connectivity index (χ4v) is 6.10. The van der Waals surface area contributed by atoms with Crippen LogP contribution in [-0.2, 0) is 16.1 Å². The number of carbonyl (C=O) groups excluding carboxylic acids is 3. The van der Waals surface area contributed by atoms with Gasteiger partial charge in [-0.3, -0.25) is 14.4 Å². The van der Waals surface area contributed by atoms with Crippen LogP contribution in [0, 0.1) is 5.92 Å². The smallest absolute Gasteiger partial charge is 0.231 e. The van der Waals surface area contributed by atoms with E-state index in [4.69, 9.17) is 30.5 Å². The maximum atomic E-state index is 14.2. The van der Waals surface area contributed by atoms with Crippen molar-refractivity contribution in [3.05, 3.63) is 70.5 Å². The van der Waals surface area contributed by atoms with Crippen molar-refractivity contribution >= 4 is 29.1 Å². The van der Waals surface area contributed by atoms with Gasteiger partial charge in [-0.25, -0.2) is 4.98 Å². The summed E-state index contributed by atoms with van der Waals surface area (Å²) in [6.45, 7) is 2.36. The van der Waals surface area contributed by atoms with Crippen LogP contribution in [-0.4, -0.2) is 70.7 Å². The van der Waals surface area contributed by atoms with Crippen LogP contribution in [0.1, 0.15) is 41.6 Å². The Kier molecular flexibility index (Phi) is 8.46. The molecule has 44 heavy (non-hydrogen) atoms. The highest BCUT2D eigenvalue weighted by atomic mass is 35.5. The van der Waals surface area contributed by atoms with E-state index in [0.29, 0.717) is 12.1 Å². The van der Waals surface area contributed by atoms with Crippen LogP contribution in [0.2, 0.25) is 5.02 Å². The van der Waals surface area contributed by atoms with Gasteiger partial charge < -0.3 is 39.0 Å². The zero-order chi connectivity index (χ0) is 31.8. The van der Waals surface area contributed by atoms with E-state index in [1.54, 1.807) is 30.2 Å². The highest BCUT2D eigenvalue weighted by Crippen LogP contribution is 2.56. The first-order valence-electron chi connectivity index (χ1n) is 13.8. The number of aliphatic hydroxyl groups excluding tert-OH is 1. The summed E-state index contributed by atoms with van der Waals surface area (Å²) in [5.41, 5.74) is -1.79. The molecule has 0 bridgehead atoms. The summed E-state index contributed by atoms with van der Waals surface area (Å²) in [6.07, 6.45) is 4.56. The predicted molar refractivity (Wildman–Crippen MR) is 158 cm³/mol. The fraction of sp³-hybridized carbons (Fsp3) is 0.355. The van der Waals surface area contributed by atoms with Crippen LogP contribution in [0.3, 0.4) is 0 Å². The number of phenolic OH excluding ortho intramolecular Hbond substituents is 1. The second kappa shape index (κ2) is 12.1. The topological polar surface area (TPSA) is 158 Å². The molecular formula is C31H32ClN3O9. The van der Waals surface area contributed by atoms with Gasteiger partial charge in [-0.05, 0) is 17.7 Å². The maximum absolute atomic E-state index is 14.2. The average Bonchev–Trinajstić information content (AvgIpc) is 3.63. The molecule has 3 aromatic rings. The third-order valence-electron chi connectivity index (χ3n) is 8.11. The number of halogens is 1. The Hall–Kier alpha value is -4.71. The molecule has 232 valence electrons. The SMILES string of the molecule is COc1cc(C(CC(=O)NCCn2ccnc2)C2=C(O)C3(Oc4c(Cl)c(OC)cc(OC)c4C3=O)C(C)CC2=O)ccc1O. The highest BCUT2D eigenvalue weighted by molar-refractivity contribution is 6.35. The van der Waals surface area contributed by atoms with Gasteiger partial charge in [0.2, 0.25) is 17.3 Å². The van der Waals surface area contributed by atoms with Crippen molar-refractivity contribution in [2.24, 2.45) is 5.92 Å². The van der Waals surface area contributed by atoms with Crippen molar-refractivity contribution in [1.82, 2.24) is 14.9 Å². The third-order valence-corrected chi connectivity index (χ3v) is 8.46. The highest BCUT2D eigenvalue weighted by Gasteiger charge is 2.61. The van der Waals surface area contributed by atoms with Gasteiger partial charge in [0.15, 0.2) is 28.8 Å². The summed E-state index contributed by atoms with van der Waals surface area (Å²) in [5, 5.41) is 25.1. The molecule has 2 aliphatic rings. The molecule has 3 atom stereocenters. The second-order valence-corrected chi connectivity index (χ2v) is 11.0. The number of methoxy groups -OCH3 is 3. The number of phenols is 1. The number of hydrogen-bond acceptors (Lipinski definition) is 10. The van der Waals surface area contributed by atoms with E-state index < -0.39 is 40.7 Å². The van der Waals surface area contributed by atoms with Gasteiger partial charge in [0.25, 0.3) is 0 Å². The Morgan fingerprint density at radius 3 is 2.55 bits per heavy atom. The van der Waals surface area contributed by atoms with Crippen LogP contribution in [0.4, 0.5) is 0 Å². The number of carbonyl (C=O) groups is 3. The summed E-state index contributed by atoms with van der Waals surface area (Å²) in [4.78, 5) is 45.2. The van der Waals surface area contributed by atoms with E-state index in [-0.39, 0.29) is 64.3 Å². The monoisotopic (exact) mass is 625 g/mol. The van der Waals surface area contributed by atoms with Crippen molar-refractivity contribution in [2.45, 2.75) is 37.8 Å². The number of ketones is 2. The van der Waals surface area contributed by atoms with Crippen LogP contribution in [0.15, 0.2) is 54.3 Å². The molecule has 1 spiro atoms. The molecule has 1 aliphatic carbocycles. The molecule has 2 heterocycles. The lowest BCUT2D eigenvalue weighted by Gasteiger charge is -2.38. The van der Waals surface area contributed by atoms with E-state index in [1.165, 1.54) is 45.6 Å². The number of benzene rings is 2. The molecule has 3 N–H and O–H groups in total. The zero-order valence-corrected chi connectivity index (χ0v) is 25.3. The number of imidazole rings is 1. The molecule has 0 saturated carbocycles. The number of nitrogens with zero attached hydrogens (tertiary/aromatic N) is 2. The molecule has 1 amide bonds. The van der Waals surface area contributed by atoms with Crippen molar-refractivity contribution in [2.75, 3.05) is 27.9 Å². The number of aromatic hydroxyl groups is 1. The van der Waals surface area contributed by atoms with E-state index in [0.717, 1.165) is 0 Å². The van der Waals surface area contributed by atoms with Crippen molar-refractivity contribution in [1.29, 1.82) is 0 Å². The number of nitrogens with one attached hydrogen (secondary N) is 1. The van der Waals surface area contributed by atoms with E-state index in [9.17, 15) is 24.6 Å². The number of hydrogen-bond donors (Lipinski definition) is 3. The quantitative estimate of drug-likeness (QED) is 0.301. The summed E-state index contributed by atoms with van der Waals surface area (Å²) in [6, 6.07) is 5.82. The molecule has 0 fully saturated rings. The summed E-state index contributed by atoms with van der Waals surface area (Å²) in [7, 11) is 4.13. The molecule has 3 unspecified atom stereocenters. The van der Waals surface area contributed by atoms with Gasteiger partial charge in [-0.15, -0.1) is 0 Å². The number of rotatable bonds is 10. The summed E-state index contributed by atoms with van der Waals surface area (Å²) in [5.74, 6) is -3.78. The number of aromatic nitrogens is 2. The molecule has 2 aromatic carbocycles. The Labute approximate surface area is 258 Å². The first-order chi connectivity index (χ1) is 21.1. The Bertz CT molecular complexity index is 1650. The molecule has 12 nitrogen and oxygen atoms in total. The zero-order valence-electron chi connectivity index (χ0n) is 24.5. The van der Waals surface area contributed by atoms with Gasteiger partial charge in [0, 0.05) is 61.8 Å². The first-order valence-corrected chi connectivity index (χ1v) is 14.2. The normalized spacial score (nSPS) is 19.9.